The van der Waals surface area contributed by atoms with E-state index in [0.29, 0.717) is 16.5 Å². The number of rotatable bonds is 4. The highest BCUT2D eigenvalue weighted by Gasteiger charge is 2.25. The maximum Gasteiger partial charge on any atom is 0.260 e. The third kappa shape index (κ3) is 2.98. The summed E-state index contributed by atoms with van der Waals surface area (Å²) in [6.07, 6.45) is 2.28. The summed E-state index contributed by atoms with van der Waals surface area (Å²) in [6, 6.07) is 2.05. The van der Waals surface area contributed by atoms with Crippen LogP contribution in [0.15, 0.2) is 6.07 Å². The molecule has 4 N–H and O–H groups in total. The normalized spacial score (nSPS) is 18.5. The van der Waals surface area contributed by atoms with Crippen molar-refractivity contribution < 1.29 is 9.53 Å². The van der Waals surface area contributed by atoms with Gasteiger partial charge in [0.1, 0.15) is 9.71 Å². The van der Waals surface area contributed by atoms with Crippen molar-refractivity contribution in [1.29, 1.82) is 0 Å². The van der Waals surface area contributed by atoms with Crippen molar-refractivity contribution in [2.75, 3.05) is 37.4 Å². The van der Waals surface area contributed by atoms with Crippen LogP contribution in [0.25, 0.3) is 10.2 Å². The van der Waals surface area contributed by atoms with Crippen LogP contribution >= 0.6 is 11.3 Å². The molecule has 0 aromatic carbocycles. The minimum absolute atomic E-state index is 0.393. The molecular weight excluding hydrogens is 312 g/mol. The molecule has 0 aliphatic carbocycles. The number of piperidine rings is 1. The van der Waals surface area contributed by atoms with Crippen molar-refractivity contribution >= 4 is 38.8 Å². The molecule has 0 spiro atoms. The number of thiophene rings is 1. The van der Waals surface area contributed by atoms with Gasteiger partial charge in [-0.2, -0.15) is 0 Å². The Balaban J connectivity index is 2.07. The Bertz CT molecular complexity index is 741. The van der Waals surface area contributed by atoms with Crippen molar-refractivity contribution in [3.63, 3.8) is 0 Å². The van der Waals surface area contributed by atoms with Crippen LogP contribution in [-0.4, -0.2) is 37.7 Å². The molecule has 3 rings (SSSR count). The highest BCUT2D eigenvalue weighted by molar-refractivity contribution is 7.21. The zero-order valence-electron chi connectivity index (χ0n) is 13.5. The third-order valence-electron chi connectivity index (χ3n) is 4.29. The fraction of sp³-hybridized carbons (Fsp3) is 0.500. The van der Waals surface area contributed by atoms with Crippen LogP contribution in [0.4, 0.5) is 11.4 Å². The number of nitrogens with zero attached hydrogens (tertiary/aromatic N) is 2. The van der Waals surface area contributed by atoms with Gasteiger partial charge in [-0.25, -0.2) is 4.98 Å². The minimum Gasteiger partial charge on any atom is -0.397 e. The van der Waals surface area contributed by atoms with Crippen molar-refractivity contribution in [2.45, 2.75) is 19.8 Å². The molecule has 0 radical (unpaired) electrons. The molecule has 1 saturated heterocycles. The molecule has 0 unspecified atom stereocenters. The zero-order chi connectivity index (χ0) is 16.6. The number of carbonyl (C=O) groups is 1. The van der Waals surface area contributed by atoms with Gasteiger partial charge in [0.25, 0.3) is 5.91 Å². The third-order valence-corrected chi connectivity index (χ3v) is 5.41. The molecule has 1 aliphatic rings. The lowest BCUT2D eigenvalue weighted by Crippen LogP contribution is -2.37. The Morgan fingerprint density at radius 2 is 2.35 bits per heavy atom. The fourth-order valence-electron chi connectivity index (χ4n) is 3.31. The first kappa shape index (κ1) is 16.0. The van der Waals surface area contributed by atoms with E-state index in [9.17, 15) is 4.79 Å². The van der Waals surface area contributed by atoms with E-state index in [1.54, 1.807) is 7.11 Å². The van der Waals surface area contributed by atoms with E-state index in [4.69, 9.17) is 16.2 Å². The van der Waals surface area contributed by atoms with Gasteiger partial charge in [0, 0.05) is 25.9 Å². The van der Waals surface area contributed by atoms with Crippen LogP contribution in [-0.2, 0) is 4.74 Å². The Kier molecular flexibility index (Phi) is 4.41. The molecule has 1 aliphatic heterocycles. The highest BCUT2D eigenvalue weighted by atomic mass is 32.1. The van der Waals surface area contributed by atoms with Gasteiger partial charge in [0.2, 0.25) is 0 Å². The van der Waals surface area contributed by atoms with Crippen molar-refractivity contribution in [3.8, 4) is 0 Å². The standard InChI is InChI=1S/C16H22N4O2S/c1-9-6-11(20-5-3-4-10(7-20)8-22-2)12-13(17)14(15(18)21)23-16(12)19-9/h6,10H,3-5,7-8,17H2,1-2H3,(H2,18,21)/t10-/m0/s1. The number of aryl methyl sites for hydroxylation is 1. The highest BCUT2D eigenvalue weighted by Crippen LogP contribution is 2.40. The molecule has 2 aromatic heterocycles. The number of aromatic nitrogens is 1. The molecule has 1 fully saturated rings. The molecular formula is C16H22N4O2S. The molecule has 23 heavy (non-hydrogen) atoms. The molecule has 1 amide bonds. The second-order valence-electron chi connectivity index (χ2n) is 6.08. The predicted octanol–water partition coefficient (Wildman–Crippen LogP) is 2.15. The predicted molar refractivity (Wildman–Crippen MR) is 94.1 cm³/mol. The van der Waals surface area contributed by atoms with Crippen molar-refractivity contribution in [1.82, 2.24) is 4.98 Å². The number of anilines is 2. The van der Waals surface area contributed by atoms with Crippen LogP contribution in [0.5, 0.6) is 0 Å². The Hall–Kier alpha value is -1.86. The molecule has 7 heteroatoms. The van der Waals surface area contributed by atoms with Crippen LogP contribution in [0.2, 0.25) is 0 Å². The first-order valence-corrected chi connectivity index (χ1v) is 8.56. The Labute approximate surface area is 139 Å². The van der Waals surface area contributed by atoms with Crippen LogP contribution < -0.4 is 16.4 Å². The van der Waals surface area contributed by atoms with E-state index in [0.717, 1.165) is 47.7 Å². The number of fused-ring (bicyclic) bond motifs is 1. The number of hydrogen-bond acceptors (Lipinski definition) is 6. The average Bonchev–Trinajstić information content (AvgIpc) is 2.84. The summed E-state index contributed by atoms with van der Waals surface area (Å²) in [6.45, 7) is 4.61. The summed E-state index contributed by atoms with van der Waals surface area (Å²) in [5, 5.41) is 0.854. The SMILES string of the molecule is COC[C@H]1CCCN(c2cc(C)nc3sc(C(N)=O)c(N)c23)C1. The summed E-state index contributed by atoms with van der Waals surface area (Å²) >= 11 is 1.27. The second kappa shape index (κ2) is 6.33. The quantitative estimate of drug-likeness (QED) is 0.893. The summed E-state index contributed by atoms with van der Waals surface area (Å²) in [5.41, 5.74) is 14.1. The molecule has 2 aromatic rings. The first-order chi connectivity index (χ1) is 11.0. The Morgan fingerprint density at radius 3 is 3.04 bits per heavy atom. The van der Waals surface area contributed by atoms with Crippen LogP contribution in [0.3, 0.4) is 0 Å². The van der Waals surface area contributed by atoms with E-state index in [1.807, 2.05) is 13.0 Å². The number of amides is 1. The largest absolute Gasteiger partial charge is 0.397 e. The van der Waals surface area contributed by atoms with Gasteiger partial charge < -0.3 is 21.1 Å². The number of nitrogen functional groups attached to an aromatic ring is 1. The lowest BCUT2D eigenvalue weighted by Gasteiger charge is -2.34. The molecule has 0 bridgehead atoms. The van der Waals surface area contributed by atoms with Gasteiger partial charge in [0.05, 0.1) is 23.4 Å². The van der Waals surface area contributed by atoms with Gasteiger partial charge in [-0.1, -0.05) is 0 Å². The smallest absolute Gasteiger partial charge is 0.260 e. The number of carbonyl (C=O) groups excluding carboxylic acids is 1. The van der Waals surface area contributed by atoms with Gasteiger partial charge in [0.15, 0.2) is 0 Å². The van der Waals surface area contributed by atoms with E-state index in [2.05, 4.69) is 9.88 Å². The van der Waals surface area contributed by atoms with Crippen molar-refractivity contribution in [2.24, 2.45) is 11.7 Å². The summed E-state index contributed by atoms with van der Waals surface area (Å²) in [7, 11) is 1.74. The van der Waals surface area contributed by atoms with Crippen LogP contribution in [0, 0.1) is 12.8 Å². The monoisotopic (exact) mass is 334 g/mol. The molecule has 124 valence electrons. The maximum atomic E-state index is 11.6. The number of nitrogens with two attached hydrogens (primary N) is 2. The number of primary amides is 1. The van der Waals surface area contributed by atoms with E-state index >= 15 is 0 Å². The Morgan fingerprint density at radius 1 is 1.57 bits per heavy atom. The zero-order valence-corrected chi connectivity index (χ0v) is 14.3. The summed E-state index contributed by atoms with van der Waals surface area (Å²) in [5.74, 6) is 0.0118. The van der Waals surface area contributed by atoms with Gasteiger partial charge in [-0.05, 0) is 31.7 Å². The van der Waals surface area contributed by atoms with Crippen molar-refractivity contribution in [3.05, 3.63) is 16.6 Å². The summed E-state index contributed by atoms with van der Waals surface area (Å²) in [4.78, 5) is 19.6. The van der Waals surface area contributed by atoms with Gasteiger partial charge in [-0.15, -0.1) is 11.3 Å². The van der Waals surface area contributed by atoms with E-state index < -0.39 is 5.91 Å². The molecule has 0 saturated carbocycles. The number of hydrogen-bond donors (Lipinski definition) is 2. The van der Waals surface area contributed by atoms with E-state index in [-0.39, 0.29) is 0 Å². The lowest BCUT2D eigenvalue weighted by atomic mass is 9.98. The fourth-order valence-corrected chi connectivity index (χ4v) is 4.32. The average molecular weight is 334 g/mol. The molecule has 1 atom stereocenters. The summed E-state index contributed by atoms with van der Waals surface area (Å²) < 4.78 is 5.31. The van der Waals surface area contributed by atoms with E-state index in [1.165, 1.54) is 17.8 Å². The first-order valence-electron chi connectivity index (χ1n) is 7.74. The number of ether oxygens (including phenoxy) is 1. The molecule has 3 heterocycles. The number of methoxy groups -OCH3 is 1. The van der Waals surface area contributed by atoms with Gasteiger partial charge >= 0.3 is 0 Å². The van der Waals surface area contributed by atoms with Crippen LogP contribution in [0.1, 0.15) is 28.2 Å². The number of pyridine rings is 1. The topological polar surface area (TPSA) is 94.5 Å². The molecule has 6 nitrogen and oxygen atoms in total. The lowest BCUT2D eigenvalue weighted by molar-refractivity contribution is 0.100. The minimum atomic E-state index is -0.495. The van der Waals surface area contributed by atoms with Gasteiger partial charge in [-0.3, -0.25) is 4.79 Å². The second-order valence-corrected chi connectivity index (χ2v) is 7.08. The maximum absolute atomic E-state index is 11.6.